The number of nitrogens with zero attached hydrogens (tertiary/aromatic N) is 1. The third-order valence-corrected chi connectivity index (χ3v) is 3.11. The van der Waals surface area contributed by atoms with Crippen molar-refractivity contribution in [1.82, 2.24) is 4.90 Å². The number of carboxylic acid groups (broad SMARTS) is 1. The minimum atomic E-state index is -4.27. The van der Waals surface area contributed by atoms with Gasteiger partial charge in [-0.1, -0.05) is 29.8 Å². The Morgan fingerprint density at radius 1 is 1.19 bits per heavy atom. The van der Waals surface area contributed by atoms with E-state index in [0.29, 0.717) is 6.42 Å². The van der Waals surface area contributed by atoms with Gasteiger partial charge < -0.3 is 5.11 Å². The van der Waals surface area contributed by atoms with E-state index in [1.165, 1.54) is 4.90 Å². The highest BCUT2D eigenvalue weighted by Gasteiger charge is 2.30. The first kappa shape index (κ1) is 17.5. The lowest BCUT2D eigenvalue weighted by Crippen LogP contribution is -2.36. The summed E-state index contributed by atoms with van der Waals surface area (Å²) >= 11 is 0. The van der Waals surface area contributed by atoms with Gasteiger partial charge in [0, 0.05) is 13.0 Å². The maximum atomic E-state index is 12.5. The number of carboxylic acids is 1. The predicted molar refractivity (Wildman–Crippen MR) is 74.2 cm³/mol. The summed E-state index contributed by atoms with van der Waals surface area (Å²) in [6, 6.07) is 7.65. The van der Waals surface area contributed by atoms with Gasteiger partial charge in [-0.3, -0.25) is 9.69 Å². The number of aliphatic carboxylic acids is 1. The molecule has 1 N–H and O–H groups in total. The molecule has 0 unspecified atom stereocenters. The van der Waals surface area contributed by atoms with Gasteiger partial charge in [-0.05, 0) is 31.9 Å². The van der Waals surface area contributed by atoms with Gasteiger partial charge in [0.15, 0.2) is 0 Å². The molecule has 0 aromatic heterocycles. The van der Waals surface area contributed by atoms with Crippen molar-refractivity contribution in [2.45, 2.75) is 32.4 Å². The summed E-state index contributed by atoms with van der Waals surface area (Å²) in [5, 5.41) is 8.55. The van der Waals surface area contributed by atoms with E-state index in [4.69, 9.17) is 5.11 Å². The summed E-state index contributed by atoms with van der Waals surface area (Å²) in [6.45, 7) is 1.35. The van der Waals surface area contributed by atoms with Crippen LogP contribution in [-0.4, -0.2) is 41.8 Å². The van der Waals surface area contributed by atoms with Gasteiger partial charge in [-0.15, -0.1) is 0 Å². The SMILES string of the molecule is Cc1ccc(CCN(CCCC(=O)O)CC(F)(F)F)cc1. The minimum Gasteiger partial charge on any atom is -0.481 e. The zero-order valence-electron chi connectivity index (χ0n) is 12.0. The van der Waals surface area contributed by atoms with E-state index >= 15 is 0 Å². The fourth-order valence-electron chi connectivity index (χ4n) is 2.02. The van der Waals surface area contributed by atoms with Crippen LogP contribution in [0.25, 0.3) is 0 Å². The minimum absolute atomic E-state index is 0.112. The molecule has 21 heavy (non-hydrogen) atoms. The van der Waals surface area contributed by atoms with E-state index in [0.717, 1.165) is 11.1 Å². The molecule has 1 aromatic carbocycles. The number of hydrogen-bond acceptors (Lipinski definition) is 2. The van der Waals surface area contributed by atoms with Crippen molar-refractivity contribution in [2.75, 3.05) is 19.6 Å². The lowest BCUT2D eigenvalue weighted by atomic mass is 10.1. The first-order valence-corrected chi connectivity index (χ1v) is 6.83. The van der Waals surface area contributed by atoms with Gasteiger partial charge in [-0.25, -0.2) is 0 Å². The van der Waals surface area contributed by atoms with Crippen LogP contribution in [0.2, 0.25) is 0 Å². The molecule has 3 nitrogen and oxygen atoms in total. The molecule has 0 amide bonds. The van der Waals surface area contributed by atoms with Crippen LogP contribution >= 0.6 is 0 Å². The summed E-state index contributed by atoms with van der Waals surface area (Å²) < 4.78 is 37.5. The number of benzene rings is 1. The average molecular weight is 303 g/mol. The highest BCUT2D eigenvalue weighted by Crippen LogP contribution is 2.17. The van der Waals surface area contributed by atoms with Crippen molar-refractivity contribution < 1.29 is 23.1 Å². The molecule has 0 aliphatic carbocycles. The quantitative estimate of drug-likeness (QED) is 0.801. The molecule has 0 atom stereocenters. The van der Waals surface area contributed by atoms with Crippen molar-refractivity contribution in [2.24, 2.45) is 0 Å². The largest absolute Gasteiger partial charge is 0.481 e. The van der Waals surface area contributed by atoms with Crippen molar-refractivity contribution >= 4 is 5.97 Å². The second-order valence-corrected chi connectivity index (χ2v) is 5.12. The number of hydrogen-bond donors (Lipinski definition) is 1. The van der Waals surface area contributed by atoms with E-state index in [1.54, 1.807) is 0 Å². The Labute approximate surface area is 122 Å². The second-order valence-electron chi connectivity index (χ2n) is 5.12. The number of aryl methyl sites for hydroxylation is 1. The maximum Gasteiger partial charge on any atom is 0.401 e. The summed E-state index contributed by atoms with van der Waals surface area (Å²) in [7, 11) is 0. The highest BCUT2D eigenvalue weighted by atomic mass is 19.4. The number of carbonyl (C=O) groups is 1. The first-order valence-electron chi connectivity index (χ1n) is 6.83. The van der Waals surface area contributed by atoms with Crippen LogP contribution in [0.15, 0.2) is 24.3 Å². The third kappa shape index (κ3) is 8.34. The van der Waals surface area contributed by atoms with E-state index < -0.39 is 18.7 Å². The molecule has 0 aliphatic rings. The first-order chi connectivity index (χ1) is 9.76. The molecule has 1 aromatic rings. The Morgan fingerprint density at radius 3 is 2.33 bits per heavy atom. The molecule has 0 radical (unpaired) electrons. The summed E-state index contributed by atoms with van der Waals surface area (Å²) in [6.07, 6.45) is -3.64. The Balaban J connectivity index is 2.50. The van der Waals surface area contributed by atoms with E-state index in [1.807, 2.05) is 31.2 Å². The number of halogens is 3. The van der Waals surface area contributed by atoms with Gasteiger partial charge in [0.1, 0.15) is 0 Å². The van der Waals surface area contributed by atoms with E-state index in [-0.39, 0.29) is 25.9 Å². The molecule has 6 heteroatoms. The number of alkyl halides is 3. The van der Waals surface area contributed by atoms with E-state index in [9.17, 15) is 18.0 Å². The normalized spacial score (nSPS) is 11.9. The Bertz CT molecular complexity index is 443. The van der Waals surface area contributed by atoms with Crippen LogP contribution in [-0.2, 0) is 11.2 Å². The Morgan fingerprint density at radius 2 is 1.81 bits per heavy atom. The summed E-state index contributed by atoms with van der Waals surface area (Å²) in [5.41, 5.74) is 2.08. The summed E-state index contributed by atoms with van der Waals surface area (Å²) in [5.74, 6) is -0.986. The van der Waals surface area contributed by atoms with E-state index in [2.05, 4.69) is 0 Å². The molecule has 0 aliphatic heterocycles. The molecule has 0 fully saturated rings. The predicted octanol–water partition coefficient (Wildman–Crippen LogP) is 3.27. The van der Waals surface area contributed by atoms with Crippen molar-refractivity contribution in [3.8, 4) is 0 Å². The zero-order chi connectivity index (χ0) is 15.9. The monoisotopic (exact) mass is 303 g/mol. The average Bonchev–Trinajstić information content (AvgIpc) is 2.35. The standard InChI is InChI=1S/C15H20F3NO2/c1-12-4-6-13(7-5-12)8-10-19(11-15(16,17)18)9-2-3-14(20)21/h4-7H,2-3,8-11H2,1H3,(H,20,21). The van der Waals surface area contributed by atoms with Gasteiger partial charge in [-0.2, -0.15) is 13.2 Å². The van der Waals surface area contributed by atoms with Crippen LogP contribution in [0.3, 0.4) is 0 Å². The molecule has 0 saturated carbocycles. The topological polar surface area (TPSA) is 40.5 Å². The van der Waals surface area contributed by atoms with Crippen molar-refractivity contribution in [3.63, 3.8) is 0 Å². The molecule has 0 bridgehead atoms. The van der Waals surface area contributed by atoms with Crippen LogP contribution in [0, 0.1) is 6.92 Å². The maximum absolute atomic E-state index is 12.5. The fourth-order valence-corrected chi connectivity index (χ4v) is 2.02. The molecule has 0 spiro atoms. The molecule has 0 heterocycles. The van der Waals surface area contributed by atoms with Crippen LogP contribution in [0.4, 0.5) is 13.2 Å². The van der Waals surface area contributed by atoms with Crippen LogP contribution < -0.4 is 0 Å². The second kappa shape index (κ2) is 8.02. The Kier molecular flexibility index (Phi) is 6.68. The smallest absolute Gasteiger partial charge is 0.401 e. The van der Waals surface area contributed by atoms with Gasteiger partial charge in [0.25, 0.3) is 0 Å². The fraction of sp³-hybridized carbons (Fsp3) is 0.533. The summed E-state index contributed by atoms with van der Waals surface area (Å²) in [4.78, 5) is 11.7. The Hall–Kier alpha value is -1.56. The molecular weight excluding hydrogens is 283 g/mol. The third-order valence-electron chi connectivity index (χ3n) is 3.11. The lowest BCUT2D eigenvalue weighted by Gasteiger charge is -2.23. The molecule has 0 saturated heterocycles. The van der Waals surface area contributed by atoms with Gasteiger partial charge in [0.2, 0.25) is 0 Å². The van der Waals surface area contributed by atoms with Crippen molar-refractivity contribution in [3.05, 3.63) is 35.4 Å². The lowest BCUT2D eigenvalue weighted by molar-refractivity contribution is -0.146. The zero-order valence-corrected chi connectivity index (χ0v) is 12.0. The van der Waals surface area contributed by atoms with Gasteiger partial charge >= 0.3 is 12.1 Å². The highest BCUT2D eigenvalue weighted by molar-refractivity contribution is 5.66. The van der Waals surface area contributed by atoms with Crippen LogP contribution in [0.5, 0.6) is 0 Å². The number of rotatable bonds is 8. The van der Waals surface area contributed by atoms with Gasteiger partial charge in [0.05, 0.1) is 6.54 Å². The molecular formula is C15H20F3NO2. The van der Waals surface area contributed by atoms with Crippen LogP contribution in [0.1, 0.15) is 24.0 Å². The van der Waals surface area contributed by atoms with Crippen molar-refractivity contribution in [1.29, 1.82) is 0 Å². The molecule has 118 valence electrons. The molecule has 1 rings (SSSR count).